The zero-order valence-corrected chi connectivity index (χ0v) is 24.9. The predicted octanol–water partition coefficient (Wildman–Crippen LogP) is 5.52. The maximum absolute atomic E-state index is 14.0. The minimum Gasteiger partial charge on any atom is -0.497 e. The molecular weight excluding hydrogens is 569 g/mol. The molecule has 0 saturated heterocycles. The van der Waals surface area contributed by atoms with Gasteiger partial charge in [0.05, 0.1) is 45.6 Å². The van der Waals surface area contributed by atoms with Gasteiger partial charge in [-0.15, -0.1) is 0 Å². The van der Waals surface area contributed by atoms with Crippen molar-refractivity contribution < 1.29 is 14.3 Å². The number of halogens is 2. The van der Waals surface area contributed by atoms with E-state index in [-0.39, 0.29) is 12.2 Å². The van der Waals surface area contributed by atoms with Gasteiger partial charge in [-0.2, -0.15) is 0 Å². The fourth-order valence-corrected chi connectivity index (χ4v) is 6.32. The van der Waals surface area contributed by atoms with E-state index in [9.17, 15) is 9.59 Å². The molecule has 7 nitrogen and oxygen atoms in total. The Labute approximate surface area is 245 Å². The summed E-state index contributed by atoms with van der Waals surface area (Å²) in [6.07, 6.45) is 1.87. The van der Waals surface area contributed by atoms with Gasteiger partial charge in [-0.1, -0.05) is 46.7 Å². The average Bonchev–Trinajstić information content (AvgIpc) is 3.38. The lowest BCUT2D eigenvalue weighted by atomic mass is 9.96. The fourth-order valence-electron chi connectivity index (χ4n) is 4.99. The molecule has 3 heterocycles. The maximum Gasteiger partial charge on any atom is 0.338 e. The summed E-state index contributed by atoms with van der Waals surface area (Å²) in [5, 5.41) is 0.950. The van der Waals surface area contributed by atoms with E-state index in [1.807, 2.05) is 50.3 Å². The van der Waals surface area contributed by atoms with Crippen molar-refractivity contribution in [2.45, 2.75) is 33.7 Å². The van der Waals surface area contributed by atoms with Crippen LogP contribution in [0.5, 0.6) is 5.75 Å². The van der Waals surface area contributed by atoms with Crippen molar-refractivity contribution in [3.05, 3.63) is 112 Å². The first-order valence-electron chi connectivity index (χ1n) is 12.6. The fraction of sp³-hybridized carbons (Fsp3) is 0.233. The highest BCUT2D eigenvalue weighted by Crippen LogP contribution is 2.32. The first kappa shape index (κ1) is 28.0. The average molecular weight is 597 g/mol. The molecule has 0 radical (unpaired) electrons. The van der Waals surface area contributed by atoms with E-state index in [2.05, 4.69) is 9.56 Å². The van der Waals surface area contributed by atoms with Crippen LogP contribution in [-0.4, -0.2) is 28.8 Å². The van der Waals surface area contributed by atoms with Crippen LogP contribution in [0.4, 0.5) is 0 Å². The van der Waals surface area contributed by atoms with E-state index < -0.39 is 12.0 Å². The van der Waals surface area contributed by atoms with Crippen molar-refractivity contribution in [2.24, 2.45) is 4.99 Å². The number of esters is 1. The van der Waals surface area contributed by atoms with Gasteiger partial charge in [0.1, 0.15) is 5.75 Å². The monoisotopic (exact) mass is 595 g/mol. The summed E-state index contributed by atoms with van der Waals surface area (Å²) in [6, 6.07) is 14.1. The molecule has 40 heavy (non-hydrogen) atoms. The Morgan fingerprint density at radius 1 is 1.07 bits per heavy atom. The minimum absolute atomic E-state index is 0.212. The number of thiazole rings is 1. The Bertz CT molecular complexity index is 1850. The number of aryl methyl sites for hydroxylation is 1. The largest absolute Gasteiger partial charge is 0.497 e. The molecule has 0 aliphatic carbocycles. The minimum atomic E-state index is -0.688. The van der Waals surface area contributed by atoms with Crippen LogP contribution in [0.25, 0.3) is 11.8 Å². The Hall–Kier alpha value is -3.59. The molecule has 0 N–H and O–H groups in total. The number of hydrogen-bond acceptors (Lipinski definition) is 6. The summed E-state index contributed by atoms with van der Waals surface area (Å²) >= 11 is 13.7. The van der Waals surface area contributed by atoms with Gasteiger partial charge in [0, 0.05) is 17.1 Å². The zero-order chi connectivity index (χ0) is 28.7. The molecule has 0 bridgehead atoms. The standard InChI is InChI=1S/C30H27Cl2N3O4S/c1-6-39-29(37)26-17(3)33-30-35(27(26)19-7-10-22(38-5)11-8-19)28(36)25(40-30)14-20-13-16(2)34(18(20)4)21-9-12-23(31)24(32)15-21/h7-15,27H,6H2,1-5H3/b25-14+/t27-/m0/s1. The van der Waals surface area contributed by atoms with E-state index in [0.29, 0.717) is 36.4 Å². The first-order chi connectivity index (χ1) is 19.1. The van der Waals surface area contributed by atoms with E-state index in [0.717, 1.165) is 28.2 Å². The smallest absolute Gasteiger partial charge is 0.338 e. The Balaban J connectivity index is 1.68. The van der Waals surface area contributed by atoms with Gasteiger partial charge >= 0.3 is 5.97 Å². The molecule has 5 rings (SSSR count). The highest BCUT2D eigenvalue weighted by molar-refractivity contribution is 7.07. The lowest BCUT2D eigenvalue weighted by molar-refractivity contribution is -0.139. The van der Waals surface area contributed by atoms with Gasteiger partial charge in [0.15, 0.2) is 4.80 Å². The number of carbonyl (C=O) groups is 1. The summed E-state index contributed by atoms with van der Waals surface area (Å²) in [6.45, 7) is 7.71. The van der Waals surface area contributed by atoms with Crippen molar-refractivity contribution in [3.8, 4) is 11.4 Å². The van der Waals surface area contributed by atoms with Gasteiger partial charge in [-0.3, -0.25) is 9.36 Å². The van der Waals surface area contributed by atoms with Crippen molar-refractivity contribution in [1.29, 1.82) is 0 Å². The summed E-state index contributed by atoms with van der Waals surface area (Å²) in [7, 11) is 1.59. The third-order valence-electron chi connectivity index (χ3n) is 6.87. The predicted molar refractivity (Wildman–Crippen MR) is 159 cm³/mol. The number of hydrogen-bond donors (Lipinski definition) is 0. The van der Waals surface area contributed by atoms with Crippen LogP contribution < -0.4 is 19.6 Å². The number of aromatic nitrogens is 2. The van der Waals surface area contributed by atoms with Crippen LogP contribution in [0.2, 0.25) is 10.0 Å². The van der Waals surface area contributed by atoms with Crippen LogP contribution in [0.15, 0.2) is 69.6 Å². The zero-order valence-electron chi connectivity index (χ0n) is 22.6. The van der Waals surface area contributed by atoms with Crippen LogP contribution in [0.1, 0.15) is 42.4 Å². The van der Waals surface area contributed by atoms with E-state index in [1.54, 1.807) is 43.7 Å². The number of allylic oxidation sites excluding steroid dienone is 1. The molecule has 2 aromatic heterocycles. The summed E-state index contributed by atoms with van der Waals surface area (Å²) in [5.41, 5.74) is 5.05. The molecule has 0 fully saturated rings. The number of methoxy groups -OCH3 is 1. The molecule has 1 aliphatic rings. The summed E-state index contributed by atoms with van der Waals surface area (Å²) < 4.78 is 14.8. The van der Waals surface area contributed by atoms with E-state index >= 15 is 0 Å². The molecule has 10 heteroatoms. The third kappa shape index (κ3) is 4.91. The molecule has 4 aromatic rings. The van der Waals surface area contributed by atoms with E-state index in [4.69, 9.17) is 32.7 Å². The van der Waals surface area contributed by atoms with Gasteiger partial charge in [-0.25, -0.2) is 9.79 Å². The molecule has 2 aromatic carbocycles. The molecule has 1 atom stereocenters. The summed E-state index contributed by atoms with van der Waals surface area (Å²) in [5.74, 6) is 0.177. The molecule has 1 aliphatic heterocycles. The second-order valence-electron chi connectivity index (χ2n) is 9.34. The van der Waals surface area contributed by atoms with Crippen molar-refractivity contribution in [2.75, 3.05) is 13.7 Å². The van der Waals surface area contributed by atoms with Crippen molar-refractivity contribution >= 4 is 46.6 Å². The first-order valence-corrected chi connectivity index (χ1v) is 14.2. The number of benzene rings is 2. The Morgan fingerprint density at radius 2 is 1.80 bits per heavy atom. The number of carbonyl (C=O) groups excluding carboxylic acids is 1. The van der Waals surface area contributed by atoms with Crippen LogP contribution in [0, 0.1) is 13.8 Å². The van der Waals surface area contributed by atoms with Crippen molar-refractivity contribution in [3.63, 3.8) is 0 Å². The SMILES string of the molecule is CCOC(=O)C1=C(C)N=c2s/c(=C/c3cc(C)n(-c4ccc(Cl)c(Cl)c4)c3C)c(=O)n2[C@H]1c1ccc(OC)cc1. The number of ether oxygens (including phenoxy) is 2. The Kier molecular flexibility index (Phi) is 7.77. The second kappa shape index (κ2) is 11.1. The van der Waals surface area contributed by atoms with Crippen LogP contribution >= 0.6 is 34.5 Å². The maximum atomic E-state index is 14.0. The third-order valence-corrected chi connectivity index (χ3v) is 8.59. The number of fused-ring (bicyclic) bond motifs is 1. The van der Waals surface area contributed by atoms with Gasteiger partial charge in [0.2, 0.25) is 0 Å². The van der Waals surface area contributed by atoms with Gasteiger partial charge < -0.3 is 14.0 Å². The lowest BCUT2D eigenvalue weighted by Crippen LogP contribution is -2.39. The topological polar surface area (TPSA) is 74.8 Å². The summed E-state index contributed by atoms with van der Waals surface area (Å²) in [4.78, 5) is 32.2. The van der Waals surface area contributed by atoms with Crippen molar-refractivity contribution in [1.82, 2.24) is 9.13 Å². The second-order valence-corrected chi connectivity index (χ2v) is 11.2. The van der Waals surface area contributed by atoms with E-state index in [1.165, 1.54) is 11.3 Å². The quantitative estimate of drug-likeness (QED) is 0.275. The lowest BCUT2D eigenvalue weighted by Gasteiger charge is -2.24. The molecule has 0 saturated carbocycles. The van der Waals surface area contributed by atoms with Gasteiger partial charge in [-0.05, 0) is 81.3 Å². The molecular formula is C30H27Cl2N3O4S. The normalized spacial score (nSPS) is 15.2. The number of rotatable bonds is 6. The molecule has 0 unspecified atom stereocenters. The van der Waals surface area contributed by atoms with Crippen LogP contribution in [0.3, 0.4) is 0 Å². The molecule has 0 amide bonds. The van der Waals surface area contributed by atoms with Crippen LogP contribution in [-0.2, 0) is 9.53 Å². The Morgan fingerprint density at radius 3 is 2.45 bits per heavy atom. The molecule has 0 spiro atoms. The number of nitrogens with zero attached hydrogens (tertiary/aromatic N) is 3. The molecule has 206 valence electrons. The highest BCUT2D eigenvalue weighted by Gasteiger charge is 2.33. The highest BCUT2D eigenvalue weighted by atomic mass is 35.5. The van der Waals surface area contributed by atoms with Gasteiger partial charge in [0.25, 0.3) is 5.56 Å².